The zero-order valence-corrected chi connectivity index (χ0v) is 17.5. The molecule has 178 valence electrons. The van der Waals surface area contributed by atoms with Gasteiger partial charge in [-0.2, -0.15) is 0 Å². The molecule has 0 aromatic rings. The molecule has 0 aliphatic heterocycles. The summed E-state index contributed by atoms with van der Waals surface area (Å²) >= 11 is 0. The third-order valence-corrected chi connectivity index (χ3v) is 3.33. The Hall–Kier alpha value is -3.22. The summed E-state index contributed by atoms with van der Waals surface area (Å²) < 4.78 is 14.0. The van der Waals surface area contributed by atoms with E-state index in [-0.39, 0.29) is 19.8 Å². The van der Waals surface area contributed by atoms with Crippen LogP contribution in [0.4, 0.5) is 0 Å². The van der Waals surface area contributed by atoms with Crippen LogP contribution < -0.4 is 0 Å². The van der Waals surface area contributed by atoms with E-state index in [2.05, 4.69) is 14.2 Å². The summed E-state index contributed by atoms with van der Waals surface area (Å²) in [5.41, 5.74) is -2.26. The van der Waals surface area contributed by atoms with E-state index < -0.39 is 73.0 Å². The van der Waals surface area contributed by atoms with Gasteiger partial charge in [-0.15, -0.1) is 0 Å². The van der Waals surface area contributed by atoms with Gasteiger partial charge >= 0.3 is 35.8 Å². The molecule has 0 unspecified atom stereocenters. The molecule has 0 aliphatic rings. The van der Waals surface area contributed by atoms with Gasteiger partial charge in [-0.3, -0.25) is 24.0 Å². The topological polar surface area (TPSA) is 211 Å². The van der Waals surface area contributed by atoms with Crippen LogP contribution >= 0.6 is 0 Å². The number of aliphatic hydroxyl groups is 1. The summed E-state index contributed by atoms with van der Waals surface area (Å²) in [7, 11) is 0. The van der Waals surface area contributed by atoms with Gasteiger partial charge in [0.05, 0.1) is 51.4 Å². The second kappa shape index (κ2) is 15.6. The number of hydrogen-bond acceptors (Lipinski definition) is 10. The van der Waals surface area contributed by atoms with Crippen LogP contribution in [0.2, 0.25) is 0 Å². The van der Waals surface area contributed by atoms with Gasteiger partial charge in [-0.25, -0.2) is 4.79 Å². The van der Waals surface area contributed by atoms with Crippen molar-refractivity contribution in [3.63, 3.8) is 0 Å². The maximum Gasteiger partial charge on any atom is 0.339 e. The third-order valence-electron chi connectivity index (χ3n) is 3.33. The largest absolute Gasteiger partial charge is 0.481 e. The minimum absolute atomic E-state index is 0.0206. The third kappa shape index (κ3) is 14.4. The molecular weight excluding hydrogens is 424 g/mol. The number of rotatable bonds is 13. The lowest BCUT2D eigenvalue weighted by Crippen LogP contribution is -2.44. The maximum absolute atomic E-state index is 11.7. The molecule has 0 aliphatic carbocycles. The van der Waals surface area contributed by atoms with E-state index in [4.69, 9.17) is 15.3 Å². The summed E-state index contributed by atoms with van der Waals surface area (Å²) in [6.07, 6.45) is -2.64. The molecule has 0 atom stereocenters. The van der Waals surface area contributed by atoms with E-state index >= 15 is 0 Å². The molecule has 13 nitrogen and oxygen atoms in total. The van der Waals surface area contributed by atoms with Gasteiger partial charge < -0.3 is 34.6 Å². The number of carbonyl (C=O) groups excluding carboxylic acids is 3. The van der Waals surface area contributed by atoms with E-state index in [1.54, 1.807) is 20.8 Å². The predicted molar refractivity (Wildman–Crippen MR) is 99.7 cm³/mol. The van der Waals surface area contributed by atoms with Gasteiger partial charge in [0.15, 0.2) is 5.60 Å². The zero-order chi connectivity index (χ0) is 24.6. The normalized spacial score (nSPS) is 10.4. The summed E-state index contributed by atoms with van der Waals surface area (Å²) in [6.45, 7) is 4.97. The zero-order valence-electron chi connectivity index (χ0n) is 17.5. The summed E-state index contributed by atoms with van der Waals surface area (Å²) in [5.74, 6) is -8.01. The second-order valence-corrected chi connectivity index (χ2v) is 5.95. The van der Waals surface area contributed by atoms with Crippen LogP contribution in [0, 0.1) is 5.92 Å². The lowest BCUT2D eigenvalue weighted by molar-refractivity contribution is -0.177. The fourth-order valence-corrected chi connectivity index (χ4v) is 2.04. The van der Waals surface area contributed by atoms with Gasteiger partial charge in [-0.1, -0.05) is 0 Å². The predicted octanol–water partition coefficient (Wildman–Crippen LogP) is -0.176. The van der Waals surface area contributed by atoms with E-state index in [1.165, 1.54) is 0 Å². The highest BCUT2D eigenvalue weighted by atomic mass is 16.6. The van der Waals surface area contributed by atoms with Crippen LogP contribution in [-0.4, -0.2) is 81.7 Å². The number of hydrogen-bond donors (Lipinski definition) is 4. The molecule has 0 saturated carbocycles. The molecule has 0 spiro atoms. The Morgan fingerprint density at radius 2 is 1.06 bits per heavy atom. The van der Waals surface area contributed by atoms with Gasteiger partial charge in [-0.05, 0) is 20.8 Å². The summed E-state index contributed by atoms with van der Waals surface area (Å²) in [5, 5.41) is 34.9. The Morgan fingerprint density at radius 1 is 0.710 bits per heavy atom. The quantitative estimate of drug-likeness (QED) is 0.211. The van der Waals surface area contributed by atoms with Gasteiger partial charge in [0.1, 0.15) is 0 Å². The highest BCUT2D eigenvalue weighted by Crippen LogP contribution is 2.19. The Labute approximate surface area is 177 Å². The molecule has 0 bridgehead atoms. The van der Waals surface area contributed by atoms with Crippen LogP contribution in [0.3, 0.4) is 0 Å². The number of aliphatic carboxylic acids is 3. The molecule has 0 saturated heterocycles. The minimum atomic E-state index is -2.26. The maximum atomic E-state index is 11.7. The molecular formula is C18H28O13. The van der Waals surface area contributed by atoms with E-state index in [9.17, 15) is 33.9 Å². The minimum Gasteiger partial charge on any atom is -0.481 e. The first-order chi connectivity index (χ1) is 14.3. The molecule has 4 N–H and O–H groups in total. The molecule has 0 fully saturated rings. The first kappa shape index (κ1) is 30.0. The first-order valence-corrected chi connectivity index (χ1v) is 9.20. The molecule has 0 aromatic heterocycles. The fraction of sp³-hybridized carbons (Fsp3) is 0.667. The highest BCUT2D eigenvalue weighted by Gasteiger charge is 2.43. The number of carboxylic acids is 3. The van der Waals surface area contributed by atoms with Crippen LogP contribution in [0.25, 0.3) is 0 Å². The van der Waals surface area contributed by atoms with Gasteiger partial charge in [0.2, 0.25) is 0 Å². The van der Waals surface area contributed by atoms with E-state index in [1.807, 2.05) is 0 Å². The summed E-state index contributed by atoms with van der Waals surface area (Å²) in [6, 6.07) is 0. The average molecular weight is 452 g/mol. The second-order valence-electron chi connectivity index (χ2n) is 5.95. The molecule has 0 radical (unpaired) electrons. The van der Waals surface area contributed by atoms with Crippen molar-refractivity contribution in [3.05, 3.63) is 0 Å². The molecule has 0 rings (SSSR count). The van der Waals surface area contributed by atoms with Crippen molar-refractivity contribution < 1.29 is 63.4 Å². The van der Waals surface area contributed by atoms with E-state index in [0.717, 1.165) is 0 Å². The molecule has 0 aromatic carbocycles. The molecule has 0 amide bonds. The fourth-order valence-electron chi connectivity index (χ4n) is 2.04. The van der Waals surface area contributed by atoms with E-state index in [0.29, 0.717) is 0 Å². The van der Waals surface area contributed by atoms with Crippen LogP contribution in [-0.2, 0) is 43.0 Å². The SMILES string of the molecule is CCOC(=O)CC(O)(CC(=O)OCC)C(=O)OCC.O=C(O)CC(CC(=O)O)C(=O)O. The lowest BCUT2D eigenvalue weighted by Gasteiger charge is -2.23. The molecule has 0 heterocycles. The average Bonchev–Trinajstić information content (AvgIpc) is 2.61. The van der Waals surface area contributed by atoms with Crippen molar-refractivity contribution in [2.45, 2.75) is 52.1 Å². The van der Waals surface area contributed by atoms with Crippen molar-refractivity contribution in [1.29, 1.82) is 0 Å². The summed E-state index contributed by atoms with van der Waals surface area (Å²) in [4.78, 5) is 64.7. The Bertz CT molecular complexity index is 604. The van der Waals surface area contributed by atoms with Crippen LogP contribution in [0.5, 0.6) is 0 Å². The Morgan fingerprint density at radius 3 is 1.32 bits per heavy atom. The number of esters is 3. The van der Waals surface area contributed by atoms with Crippen LogP contribution in [0.15, 0.2) is 0 Å². The van der Waals surface area contributed by atoms with Crippen LogP contribution in [0.1, 0.15) is 46.5 Å². The molecule has 13 heteroatoms. The smallest absolute Gasteiger partial charge is 0.339 e. The number of carbonyl (C=O) groups is 6. The molecule has 31 heavy (non-hydrogen) atoms. The van der Waals surface area contributed by atoms with Crippen molar-refractivity contribution in [2.24, 2.45) is 5.92 Å². The number of carboxylic acid groups (broad SMARTS) is 3. The van der Waals surface area contributed by atoms with Crippen molar-refractivity contribution in [3.8, 4) is 0 Å². The standard InChI is InChI=1S/C12H20O7.C6H8O6/c1-4-17-9(13)7-12(16,11(15)19-6-3)8-10(14)18-5-2;7-4(8)1-3(6(11)12)2-5(9)10/h16H,4-8H2,1-3H3;3H,1-2H2,(H,7,8)(H,9,10)(H,11,12). The lowest BCUT2D eigenvalue weighted by atomic mass is 9.95. The van der Waals surface area contributed by atoms with Gasteiger partial charge in [0, 0.05) is 0 Å². The number of ether oxygens (including phenoxy) is 3. The Kier molecular flexibility index (Phi) is 15.1. The van der Waals surface area contributed by atoms with Gasteiger partial charge in [0.25, 0.3) is 0 Å². The first-order valence-electron chi connectivity index (χ1n) is 9.20. The van der Waals surface area contributed by atoms with Crippen molar-refractivity contribution in [1.82, 2.24) is 0 Å². The van der Waals surface area contributed by atoms with Crippen molar-refractivity contribution in [2.75, 3.05) is 19.8 Å². The Balaban J connectivity index is 0. The highest BCUT2D eigenvalue weighted by molar-refractivity contribution is 5.90. The van der Waals surface area contributed by atoms with Crippen molar-refractivity contribution >= 4 is 35.8 Å². The monoisotopic (exact) mass is 452 g/mol.